The summed E-state index contributed by atoms with van der Waals surface area (Å²) >= 11 is 0. The van der Waals surface area contributed by atoms with Crippen LogP contribution in [0.5, 0.6) is 0 Å². The van der Waals surface area contributed by atoms with Crippen LogP contribution in [0.25, 0.3) is 87.2 Å². The summed E-state index contributed by atoms with van der Waals surface area (Å²) in [6.45, 7) is 0. The first-order valence-corrected chi connectivity index (χ1v) is 12.8. The quantitative estimate of drug-likeness (QED) is 0.214. The van der Waals surface area contributed by atoms with Gasteiger partial charge in [0.25, 0.3) is 0 Å². The highest BCUT2D eigenvalue weighted by Crippen LogP contribution is 2.45. The fourth-order valence-electron chi connectivity index (χ4n) is 7.05. The normalized spacial score (nSPS) is 12.9. The van der Waals surface area contributed by atoms with Gasteiger partial charge in [0.15, 0.2) is 0 Å². The highest BCUT2D eigenvalue weighted by molar-refractivity contribution is 6.31. The van der Waals surface area contributed by atoms with Gasteiger partial charge in [-0.25, -0.2) is 0 Å². The average molecular weight is 470 g/mol. The zero-order chi connectivity index (χ0) is 23.8. The maximum absolute atomic E-state index is 3.75. The molecule has 4 aromatic heterocycles. The number of nitrogens with zero attached hydrogens (tertiary/aromatic N) is 2. The van der Waals surface area contributed by atoms with Crippen LogP contribution >= 0.6 is 0 Å². The smallest absolute Gasteiger partial charge is 0.0810 e. The summed E-state index contributed by atoms with van der Waals surface area (Å²) < 4.78 is 5.05. The third kappa shape index (κ3) is 2.00. The van der Waals surface area contributed by atoms with Crippen LogP contribution in [-0.4, -0.2) is 13.8 Å². The topological polar surface area (TPSA) is 24.6 Å². The minimum absolute atomic E-state index is 1.18. The zero-order valence-electron chi connectivity index (χ0n) is 19.8. The van der Waals surface area contributed by atoms with Gasteiger partial charge in [0.1, 0.15) is 0 Å². The van der Waals surface area contributed by atoms with Gasteiger partial charge in [0, 0.05) is 43.4 Å². The Labute approximate surface area is 210 Å². The molecule has 0 aliphatic rings. The maximum Gasteiger partial charge on any atom is 0.0810 e. The third-order valence-corrected chi connectivity index (χ3v) is 8.50. The van der Waals surface area contributed by atoms with E-state index in [1.165, 1.54) is 87.2 Å². The van der Waals surface area contributed by atoms with Gasteiger partial charge < -0.3 is 13.8 Å². The summed E-state index contributed by atoms with van der Waals surface area (Å²) in [7, 11) is 0. The van der Waals surface area contributed by atoms with Crippen molar-refractivity contribution in [3.63, 3.8) is 0 Å². The Kier molecular flexibility index (Phi) is 2.98. The number of hydrogen-bond donors (Lipinski definition) is 1. The summed E-state index contributed by atoms with van der Waals surface area (Å²) in [5.41, 5.74) is 9.95. The molecule has 170 valence electrons. The van der Waals surface area contributed by atoms with Crippen molar-refractivity contribution in [1.82, 2.24) is 13.8 Å². The largest absolute Gasteiger partial charge is 0.354 e. The number of aromatic amines is 1. The minimum atomic E-state index is 1.18. The van der Waals surface area contributed by atoms with E-state index in [1.54, 1.807) is 0 Å². The van der Waals surface area contributed by atoms with Gasteiger partial charge in [-0.15, -0.1) is 0 Å². The molecule has 0 aliphatic carbocycles. The van der Waals surface area contributed by atoms with E-state index >= 15 is 0 Å². The van der Waals surface area contributed by atoms with Crippen molar-refractivity contribution < 1.29 is 0 Å². The van der Waals surface area contributed by atoms with E-state index in [0.29, 0.717) is 0 Å². The van der Waals surface area contributed by atoms with Gasteiger partial charge in [-0.2, -0.15) is 0 Å². The Bertz CT molecular complexity index is 2570. The zero-order valence-corrected chi connectivity index (χ0v) is 19.8. The van der Waals surface area contributed by atoms with Crippen LogP contribution in [0.15, 0.2) is 109 Å². The molecule has 3 nitrogen and oxygen atoms in total. The lowest BCUT2D eigenvalue weighted by molar-refractivity contribution is 1.27. The van der Waals surface area contributed by atoms with E-state index in [0.717, 1.165) is 0 Å². The molecule has 0 spiro atoms. The predicted octanol–water partition coefficient (Wildman–Crippen LogP) is 9.03. The van der Waals surface area contributed by atoms with E-state index in [-0.39, 0.29) is 0 Å². The lowest BCUT2D eigenvalue weighted by atomic mass is 10.1. The van der Waals surface area contributed by atoms with Gasteiger partial charge in [0.2, 0.25) is 0 Å². The molecule has 0 saturated heterocycles. The van der Waals surface area contributed by atoms with E-state index in [9.17, 15) is 0 Å². The number of benzene rings is 6. The third-order valence-electron chi connectivity index (χ3n) is 8.50. The van der Waals surface area contributed by atoms with E-state index in [1.807, 2.05) is 0 Å². The van der Waals surface area contributed by atoms with Gasteiger partial charge in [-0.3, -0.25) is 0 Å². The lowest BCUT2D eigenvalue weighted by Crippen LogP contribution is -1.97. The molecule has 10 rings (SSSR count). The minimum Gasteiger partial charge on any atom is -0.354 e. The van der Waals surface area contributed by atoms with Crippen molar-refractivity contribution in [3.8, 4) is 0 Å². The lowest BCUT2D eigenvalue weighted by Gasteiger charge is -2.13. The standard InChI is InChI=1S/C34H19N3/c1-2-9-20-17-30-24(16-19(20)8-1)22-12-7-15-29-32(22)37(30)34-31-23-11-3-5-13-26(23)35-27(31)18-25-21-10-4-6-14-28(21)36(29)33(25)34/h1-18,35H. The molecule has 0 radical (unpaired) electrons. The number of para-hydroxylation sites is 3. The van der Waals surface area contributed by atoms with Gasteiger partial charge in [-0.1, -0.05) is 72.8 Å². The van der Waals surface area contributed by atoms with Crippen LogP contribution in [0, 0.1) is 0 Å². The number of fused-ring (bicyclic) bond motifs is 13. The molecule has 0 amide bonds. The molecule has 0 saturated carbocycles. The van der Waals surface area contributed by atoms with Crippen LogP contribution in [0.4, 0.5) is 0 Å². The summed E-state index contributed by atoms with van der Waals surface area (Å²) in [5.74, 6) is 0. The Morgan fingerprint density at radius 3 is 2.05 bits per heavy atom. The molecule has 0 unspecified atom stereocenters. The Morgan fingerprint density at radius 1 is 0.405 bits per heavy atom. The highest BCUT2D eigenvalue weighted by Gasteiger charge is 2.24. The number of H-pyrrole nitrogens is 1. The first-order chi connectivity index (χ1) is 18.4. The van der Waals surface area contributed by atoms with Crippen molar-refractivity contribution in [3.05, 3.63) is 109 Å². The van der Waals surface area contributed by atoms with Gasteiger partial charge in [-0.05, 0) is 47.2 Å². The van der Waals surface area contributed by atoms with Crippen molar-refractivity contribution in [2.75, 3.05) is 0 Å². The predicted molar refractivity (Wildman–Crippen MR) is 156 cm³/mol. The second-order valence-electron chi connectivity index (χ2n) is 10.3. The van der Waals surface area contributed by atoms with Crippen LogP contribution in [-0.2, 0) is 0 Å². The molecule has 37 heavy (non-hydrogen) atoms. The summed E-state index contributed by atoms with van der Waals surface area (Å²) in [4.78, 5) is 3.75. The molecular formula is C34H19N3. The summed E-state index contributed by atoms with van der Waals surface area (Å²) in [5, 5.41) is 10.3. The fraction of sp³-hybridized carbons (Fsp3) is 0. The SMILES string of the molecule is c1ccc2cc3c(cc2c1)c1cccc2c1n3c1c3c(cc4c5ccccc5n2c41)[nH]c1ccccc13. The van der Waals surface area contributed by atoms with Gasteiger partial charge >= 0.3 is 0 Å². The van der Waals surface area contributed by atoms with Gasteiger partial charge in [0.05, 0.1) is 33.1 Å². The van der Waals surface area contributed by atoms with E-state index in [4.69, 9.17) is 0 Å². The number of aromatic nitrogens is 3. The molecule has 4 heterocycles. The maximum atomic E-state index is 3.75. The fourth-order valence-corrected chi connectivity index (χ4v) is 7.05. The van der Waals surface area contributed by atoms with Crippen molar-refractivity contribution in [2.45, 2.75) is 0 Å². The van der Waals surface area contributed by atoms with E-state index in [2.05, 4.69) is 123 Å². The molecule has 6 aromatic carbocycles. The highest BCUT2D eigenvalue weighted by atomic mass is 15.0. The molecule has 0 fully saturated rings. The second-order valence-corrected chi connectivity index (χ2v) is 10.3. The van der Waals surface area contributed by atoms with Crippen molar-refractivity contribution >= 4 is 87.2 Å². The molecule has 1 N–H and O–H groups in total. The summed E-state index contributed by atoms with van der Waals surface area (Å²) in [6.07, 6.45) is 0. The summed E-state index contributed by atoms with van der Waals surface area (Å²) in [6, 6.07) is 40.1. The Balaban J connectivity index is 1.67. The monoisotopic (exact) mass is 469 g/mol. The molecule has 3 heteroatoms. The number of hydrogen-bond acceptors (Lipinski definition) is 0. The Morgan fingerprint density at radius 2 is 1.14 bits per heavy atom. The van der Waals surface area contributed by atoms with Crippen LogP contribution in [0.3, 0.4) is 0 Å². The molecule has 0 aliphatic heterocycles. The average Bonchev–Trinajstić information content (AvgIpc) is 3.59. The van der Waals surface area contributed by atoms with Crippen LogP contribution in [0.2, 0.25) is 0 Å². The van der Waals surface area contributed by atoms with Crippen molar-refractivity contribution in [2.24, 2.45) is 0 Å². The van der Waals surface area contributed by atoms with Crippen LogP contribution in [0.1, 0.15) is 0 Å². The molecule has 0 bridgehead atoms. The number of rotatable bonds is 0. The van der Waals surface area contributed by atoms with Crippen molar-refractivity contribution in [1.29, 1.82) is 0 Å². The Hall–Kier alpha value is -5.02. The number of nitrogens with one attached hydrogen (secondary N) is 1. The first-order valence-electron chi connectivity index (χ1n) is 12.8. The molecule has 0 atom stereocenters. The molecule has 10 aromatic rings. The second kappa shape index (κ2) is 6.03. The first kappa shape index (κ1) is 18.3. The van der Waals surface area contributed by atoms with Crippen LogP contribution < -0.4 is 0 Å². The van der Waals surface area contributed by atoms with E-state index < -0.39 is 0 Å². The molecular weight excluding hydrogens is 450 g/mol.